The van der Waals surface area contributed by atoms with Crippen molar-refractivity contribution >= 4 is 5.91 Å². The molecule has 1 amide bonds. The molecule has 1 atom stereocenters. The largest absolute Gasteiger partial charge is 0.350 e. The average Bonchev–Trinajstić information content (AvgIpc) is 2.40. The third-order valence-corrected chi connectivity index (χ3v) is 3.61. The topological polar surface area (TPSA) is 41.1 Å². The van der Waals surface area contributed by atoms with Gasteiger partial charge in [0.25, 0.3) is 0 Å². The number of carbonyl (C=O) groups excluding carboxylic acids is 1. The molecular formula is C15H22N2O. The van der Waals surface area contributed by atoms with Crippen LogP contribution in [0.2, 0.25) is 0 Å². The van der Waals surface area contributed by atoms with E-state index in [1.165, 1.54) is 0 Å². The molecule has 1 aliphatic rings. The highest BCUT2D eigenvalue weighted by atomic mass is 16.1. The van der Waals surface area contributed by atoms with Crippen LogP contribution in [-0.4, -0.2) is 19.0 Å². The van der Waals surface area contributed by atoms with E-state index in [0.29, 0.717) is 12.3 Å². The van der Waals surface area contributed by atoms with Crippen molar-refractivity contribution in [2.45, 2.75) is 32.2 Å². The predicted molar refractivity (Wildman–Crippen MR) is 73.2 cm³/mol. The third-order valence-electron chi connectivity index (χ3n) is 3.61. The van der Waals surface area contributed by atoms with E-state index in [1.807, 2.05) is 25.1 Å². The minimum Gasteiger partial charge on any atom is -0.350 e. The maximum absolute atomic E-state index is 12.0. The van der Waals surface area contributed by atoms with Crippen molar-refractivity contribution in [1.82, 2.24) is 10.6 Å². The number of piperidine rings is 1. The van der Waals surface area contributed by atoms with Crippen LogP contribution < -0.4 is 10.6 Å². The molecular weight excluding hydrogens is 224 g/mol. The van der Waals surface area contributed by atoms with E-state index in [-0.39, 0.29) is 11.9 Å². The van der Waals surface area contributed by atoms with Gasteiger partial charge >= 0.3 is 0 Å². The molecule has 0 saturated carbocycles. The van der Waals surface area contributed by atoms with Crippen LogP contribution in [0.25, 0.3) is 0 Å². The summed E-state index contributed by atoms with van der Waals surface area (Å²) in [6.07, 6.45) is 2.90. The van der Waals surface area contributed by atoms with Gasteiger partial charge in [0, 0.05) is 6.42 Å². The lowest BCUT2D eigenvalue weighted by atomic mass is 9.94. The first-order chi connectivity index (χ1) is 8.75. The summed E-state index contributed by atoms with van der Waals surface area (Å²) < 4.78 is 0. The zero-order valence-corrected chi connectivity index (χ0v) is 11.0. The summed E-state index contributed by atoms with van der Waals surface area (Å²) in [5.41, 5.74) is 1.16. The fraction of sp³-hybridized carbons (Fsp3) is 0.533. The Hall–Kier alpha value is -1.35. The summed E-state index contributed by atoms with van der Waals surface area (Å²) >= 11 is 0. The molecule has 0 aliphatic carbocycles. The molecule has 0 spiro atoms. The van der Waals surface area contributed by atoms with Crippen molar-refractivity contribution < 1.29 is 4.79 Å². The molecule has 1 saturated heterocycles. The van der Waals surface area contributed by atoms with Crippen molar-refractivity contribution in [3.05, 3.63) is 35.9 Å². The Kier molecular flexibility index (Phi) is 4.76. The highest BCUT2D eigenvalue weighted by Gasteiger charge is 2.17. The highest BCUT2D eigenvalue weighted by molar-refractivity contribution is 5.76. The second-order valence-electron chi connectivity index (χ2n) is 5.10. The molecule has 2 rings (SSSR count). The van der Waals surface area contributed by atoms with Gasteiger partial charge in [-0.1, -0.05) is 30.3 Å². The van der Waals surface area contributed by atoms with Crippen molar-refractivity contribution in [3.8, 4) is 0 Å². The molecule has 0 bridgehead atoms. The SMILES string of the molecule is C[C@H](NC(=O)CC1CCNCC1)c1ccccc1. The van der Waals surface area contributed by atoms with Crippen LogP contribution >= 0.6 is 0 Å². The lowest BCUT2D eigenvalue weighted by Crippen LogP contribution is -2.33. The zero-order valence-electron chi connectivity index (χ0n) is 11.0. The van der Waals surface area contributed by atoms with Crippen LogP contribution in [0, 0.1) is 5.92 Å². The molecule has 1 aliphatic heterocycles. The molecule has 3 nitrogen and oxygen atoms in total. The summed E-state index contributed by atoms with van der Waals surface area (Å²) in [5.74, 6) is 0.729. The van der Waals surface area contributed by atoms with Gasteiger partial charge in [0.1, 0.15) is 0 Å². The number of rotatable bonds is 4. The fourth-order valence-electron chi connectivity index (χ4n) is 2.47. The summed E-state index contributed by atoms with van der Waals surface area (Å²) in [6, 6.07) is 10.2. The molecule has 1 aromatic rings. The van der Waals surface area contributed by atoms with Gasteiger partial charge in [0.15, 0.2) is 0 Å². The molecule has 0 radical (unpaired) electrons. The number of hydrogen-bond donors (Lipinski definition) is 2. The Bertz CT molecular complexity index is 371. The molecule has 98 valence electrons. The van der Waals surface area contributed by atoms with Crippen molar-refractivity contribution in [3.63, 3.8) is 0 Å². The second-order valence-corrected chi connectivity index (χ2v) is 5.10. The summed E-state index contributed by atoms with van der Waals surface area (Å²) in [4.78, 5) is 12.0. The molecule has 1 aromatic carbocycles. The van der Waals surface area contributed by atoms with Crippen LogP contribution in [0.1, 0.15) is 37.8 Å². The molecule has 3 heteroatoms. The Morgan fingerprint density at radius 3 is 2.67 bits per heavy atom. The van der Waals surface area contributed by atoms with E-state index in [4.69, 9.17) is 0 Å². The molecule has 1 heterocycles. The van der Waals surface area contributed by atoms with Crippen LogP contribution in [0.3, 0.4) is 0 Å². The van der Waals surface area contributed by atoms with E-state index in [9.17, 15) is 4.79 Å². The Morgan fingerprint density at radius 2 is 2.00 bits per heavy atom. The van der Waals surface area contributed by atoms with Crippen molar-refractivity contribution in [2.75, 3.05) is 13.1 Å². The van der Waals surface area contributed by atoms with Gasteiger partial charge in [-0.3, -0.25) is 4.79 Å². The van der Waals surface area contributed by atoms with Gasteiger partial charge in [-0.2, -0.15) is 0 Å². The first-order valence-electron chi connectivity index (χ1n) is 6.80. The Labute approximate surface area is 109 Å². The first kappa shape index (κ1) is 13.1. The third kappa shape index (κ3) is 3.84. The quantitative estimate of drug-likeness (QED) is 0.855. The fourth-order valence-corrected chi connectivity index (χ4v) is 2.47. The first-order valence-corrected chi connectivity index (χ1v) is 6.80. The van der Waals surface area contributed by atoms with Gasteiger partial charge < -0.3 is 10.6 Å². The van der Waals surface area contributed by atoms with Crippen molar-refractivity contribution in [1.29, 1.82) is 0 Å². The molecule has 0 aromatic heterocycles. The summed E-state index contributed by atoms with van der Waals surface area (Å²) in [7, 11) is 0. The van der Waals surface area contributed by atoms with Gasteiger partial charge in [-0.05, 0) is 44.3 Å². The zero-order chi connectivity index (χ0) is 12.8. The van der Waals surface area contributed by atoms with Crippen LogP contribution in [-0.2, 0) is 4.79 Å². The van der Waals surface area contributed by atoms with Crippen molar-refractivity contribution in [2.24, 2.45) is 5.92 Å². The minimum atomic E-state index is 0.0976. The Balaban J connectivity index is 1.80. The highest BCUT2D eigenvalue weighted by Crippen LogP contribution is 2.17. The maximum Gasteiger partial charge on any atom is 0.220 e. The van der Waals surface area contributed by atoms with Gasteiger partial charge in [0.05, 0.1) is 6.04 Å². The van der Waals surface area contributed by atoms with E-state index in [0.717, 1.165) is 31.5 Å². The number of hydrogen-bond acceptors (Lipinski definition) is 2. The van der Waals surface area contributed by atoms with Crippen LogP contribution in [0.5, 0.6) is 0 Å². The summed E-state index contributed by atoms with van der Waals surface area (Å²) in [6.45, 7) is 4.13. The number of nitrogens with one attached hydrogen (secondary N) is 2. The minimum absolute atomic E-state index is 0.0976. The second kappa shape index (κ2) is 6.55. The predicted octanol–water partition coefficient (Wildman–Crippen LogP) is 2.25. The number of amides is 1. The normalized spacial score (nSPS) is 18.3. The Morgan fingerprint density at radius 1 is 1.33 bits per heavy atom. The standard InChI is InChI=1S/C15H22N2O/c1-12(14-5-3-2-4-6-14)17-15(18)11-13-7-9-16-10-8-13/h2-6,12-13,16H,7-11H2,1H3,(H,17,18)/t12-/m0/s1. The summed E-state index contributed by atoms with van der Waals surface area (Å²) in [5, 5.41) is 6.41. The van der Waals surface area contributed by atoms with Crippen LogP contribution in [0.4, 0.5) is 0 Å². The average molecular weight is 246 g/mol. The lowest BCUT2D eigenvalue weighted by Gasteiger charge is -2.23. The maximum atomic E-state index is 12.0. The van der Waals surface area contributed by atoms with E-state index in [1.54, 1.807) is 0 Å². The van der Waals surface area contributed by atoms with Gasteiger partial charge in [-0.25, -0.2) is 0 Å². The smallest absolute Gasteiger partial charge is 0.220 e. The molecule has 2 N–H and O–H groups in total. The van der Waals surface area contributed by atoms with E-state index < -0.39 is 0 Å². The lowest BCUT2D eigenvalue weighted by molar-refractivity contribution is -0.122. The molecule has 1 fully saturated rings. The van der Waals surface area contributed by atoms with Gasteiger partial charge in [0.2, 0.25) is 5.91 Å². The molecule has 0 unspecified atom stereocenters. The number of benzene rings is 1. The van der Waals surface area contributed by atoms with Gasteiger partial charge in [-0.15, -0.1) is 0 Å². The monoisotopic (exact) mass is 246 g/mol. The van der Waals surface area contributed by atoms with E-state index in [2.05, 4.69) is 22.8 Å². The van der Waals surface area contributed by atoms with Crippen LogP contribution in [0.15, 0.2) is 30.3 Å². The van der Waals surface area contributed by atoms with E-state index >= 15 is 0 Å². The number of carbonyl (C=O) groups is 1. The molecule has 18 heavy (non-hydrogen) atoms.